The predicted molar refractivity (Wildman–Crippen MR) is 122 cm³/mol. The second kappa shape index (κ2) is 9.52. The van der Waals surface area contributed by atoms with Gasteiger partial charge in [0.2, 0.25) is 10.0 Å². The maximum Gasteiger partial charge on any atom is 0.271 e. The number of likely N-dealkylation sites (tertiary alicyclic amines) is 1. The molecule has 0 saturated carbocycles. The molecule has 2 aliphatic rings. The summed E-state index contributed by atoms with van der Waals surface area (Å²) in [4.78, 5) is 12.8. The van der Waals surface area contributed by atoms with E-state index in [0.717, 1.165) is 44.8 Å². The van der Waals surface area contributed by atoms with Crippen LogP contribution in [-0.4, -0.2) is 54.8 Å². The molecule has 172 valence electrons. The molecule has 4 rings (SSSR count). The van der Waals surface area contributed by atoms with Crippen LogP contribution in [0, 0.1) is 10.1 Å². The monoisotopic (exact) mass is 499 g/mol. The molecule has 0 unspecified atom stereocenters. The Morgan fingerprint density at radius 2 is 1.72 bits per heavy atom. The number of ether oxygens (including phenoxy) is 1. The molecule has 0 radical (unpaired) electrons. The summed E-state index contributed by atoms with van der Waals surface area (Å²) in [7, 11) is -4.05. The Hall–Kier alpha value is -1.91. The average Bonchev–Trinajstić information content (AvgIpc) is 3.40. The van der Waals surface area contributed by atoms with Crippen molar-refractivity contribution in [1.29, 1.82) is 0 Å². The van der Waals surface area contributed by atoms with Crippen LogP contribution in [0.2, 0.25) is 10.0 Å². The van der Waals surface area contributed by atoms with Crippen LogP contribution >= 0.6 is 23.2 Å². The molecule has 1 atom stereocenters. The molecule has 2 heterocycles. The van der Waals surface area contributed by atoms with E-state index in [1.165, 1.54) is 34.6 Å². The highest BCUT2D eigenvalue weighted by atomic mass is 35.5. The standard InChI is InChI=1S/C21H23Cl2N3O5S/c22-15-10-16(23)12-19(11-15)31-20-6-5-17(26(27)28)13-21(20)32(29,30)25-9-3-4-18(25)14-24-7-1-2-8-24/h5-6,10-13,18H,1-4,7-9,14H2/t18-/m0/s1. The summed E-state index contributed by atoms with van der Waals surface area (Å²) < 4.78 is 34.7. The predicted octanol–water partition coefficient (Wildman–Crippen LogP) is 4.94. The van der Waals surface area contributed by atoms with Crippen molar-refractivity contribution in [2.75, 3.05) is 26.2 Å². The van der Waals surface area contributed by atoms with Gasteiger partial charge in [-0.05, 0) is 63.0 Å². The lowest BCUT2D eigenvalue weighted by Crippen LogP contribution is -2.42. The Morgan fingerprint density at radius 3 is 2.38 bits per heavy atom. The first-order valence-corrected chi connectivity index (χ1v) is 12.6. The first-order valence-electron chi connectivity index (χ1n) is 10.4. The largest absolute Gasteiger partial charge is 0.456 e. The van der Waals surface area contributed by atoms with Crippen molar-refractivity contribution in [2.45, 2.75) is 36.6 Å². The third-order valence-corrected chi connectivity index (χ3v) is 8.19. The van der Waals surface area contributed by atoms with Gasteiger partial charge >= 0.3 is 0 Å². The Labute approximate surface area is 196 Å². The van der Waals surface area contributed by atoms with E-state index in [0.29, 0.717) is 23.1 Å². The van der Waals surface area contributed by atoms with Crippen molar-refractivity contribution < 1.29 is 18.1 Å². The number of hydrogen-bond acceptors (Lipinski definition) is 6. The normalized spacial score (nSPS) is 20.0. The van der Waals surface area contributed by atoms with Crippen LogP contribution in [0.5, 0.6) is 11.5 Å². The summed E-state index contributed by atoms with van der Waals surface area (Å²) in [5, 5.41) is 12.0. The van der Waals surface area contributed by atoms with Gasteiger partial charge in [-0.15, -0.1) is 0 Å². The molecular formula is C21H23Cl2N3O5S. The molecular weight excluding hydrogens is 477 g/mol. The molecule has 0 aliphatic carbocycles. The van der Waals surface area contributed by atoms with Gasteiger partial charge in [0.05, 0.1) is 4.92 Å². The fourth-order valence-corrected chi connectivity index (χ4v) is 6.63. The van der Waals surface area contributed by atoms with Gasteiger partial charge in [-0.25, -0.2) is 8.42 Å². The van der Waals surface area contributed by atoms with Crippen LogP contribution in [0.15, 0.2) is 41.3 Å². The highest BCUT2D eigenvalue weighted by Crippen LogP contribution is 2.37. The molecule has 0 aromatic heterocycles. The third kappa shape index (κ3) is 5.02. The molecule has 2 aromatic carbocycles. The van der Waals surface area contributed by atoms with Gasteiger partial charge in [0.15, 0.2) is 0 Å². The van der Waals surface area contributed by atoms with E-state index in [-0.39, 0.29) is 28.1 Å². The molecule has 0 bridgehead atoms. The van der Waals surface area contributed by atoms with Gasteiger partial charge in [0.25, 0.3) is 5.69 Å². The molecule has 11 heteroatoms. The lowest BCUT2D eigenvalue weighted by atomic mass is 10.2. The molecule has 0 N–H and O–H groups in total. The van der Waals surface area contributed by atoms with Crippen LogP contribution in [0.25, 0.3) is 0 Å². The number of nitrogens with zero attached hydrogens (tertiary/aromatic N) is 3. The van der Waals surface area contributed by atoms with Gasteiger partial charge in [-0.2, -0.15) is 4.31 Å². The summed E-state index contributed by atoms with van der Waals surface area (Å²) in [6, 6.07) is 7.91. The summed E-state index contributed by atoms with van der Waals surface area (Å²) in [6.45, 7) is 2.95. The van der Waals surface area contributed by atoms with Crippen molar-refractivity contribution >= 4 is 38.9 Å². The lowest BCUT2D eigenvalue weighted by Gasteiger charge is -2.28. The zero-order valence-corrected chi connectivity index (χ0v) is 19.6. The molecule has 2 fully saturated rings. The SMILES string of the molecule is O=[N+]([O-])c1ccc(Oc2cc(Cl)cc(Cl)c2)c(S(=O)(=O)N2CCC[C@H]2CN2CCCC2)c1. The Morgan fingerprint density at radius 1 is 1.03 bits per heavy atom. The first kappa shape index (κ1) is 23.3. The molecule has 2 aromatic rings. The minimum Gasteiger partial charge on any atom is -0.456 e. The van der Waals surface area contributed by atoms with Crippen LogP contribution in [0.4, 0.5) is 5.69 Å². The maximum absolute atomic E-state index is 13.7. The quantitative estimate of drug-likeness (QED) is 0.395. The highest BCUT2D eigenvalue weighted by Gasteiger charge is 2.38. The van der Waals surface area contributed by atoms with Crippen LogP contribution in [0.3, 0.4) is 0 Å². The fraction of sp³-hybridized carbons (Fsp3) is 0.429. The van der Waals surface area contributed by atoms with Crippen LogP contribution in [0.1, 0.15) is 25.7 Å². The van der Waals surface area contributed by atoms with E-state index in [9.17, 15) is 18.5 Å². The lowest BCUT2D eigenvalue weighted by molar-refractivity contribution is -0.385. The van der Waals surface area contributed by atoms with E-state index in [1.54, 1.807) is 0 Å². The summed E-state index contributed by atoms with van der Waals surface area (Å²) in [5.41, 5.74) is -0.324. The molecule has 0 amide bonds. The topological polar surface area (TPSA) is 93.0 Å². The number of hydrogen-bond donors (Lipinski definition) is 0. The fourth-order valence-electron chi connectivity index (χ4n) is 4.31. The minimum atomic E-state index is -4.05. The number of nitro benzene ring substituents is 1. The first-order chi connectivity index (χ1) is 15.2. The van der Waals surface area contributed by atoms with Crippen LogP contribution in [-0.2, 0) is 10.0 Å². The zero-order valence-electron chi connectivity index (χ0n) is 17.2. The number of sulfonamides is 1. The van der Waals surface area contributed by atoms with E-state index in [2.05, 4.69) is 4.90 Å². The van der Waals surface area contributed by atoms with Crippen molar-refractivity contribution in [3.8, 4) is 11.5 Å². The van der Waals surface area contributed by atoms with Gasteiger partial charge < -0.3 is 9.64 Å². The van der Waals surface area contributed by atoms with Crippen LogP contribution < -0.4 is 4.74 Å². The minimum absolute atomic E-state index is 0.0132. The number of benzene rings is 2. The molecule has 0 spiro atoms. The summed E-state index contributed by atoms with van der Waals surface area (Å²) in [6.07, 6.45) is 3.73. The molecule has 8 nitrogen and oxygen atoms in total. The number of nitro groups is 1. The van der Waals surface area contributed by atoms with Crippen molar-refractivity contribution in [3.63, 3.8) is 0 Å². The average molecular weight is 500 g/mol. The van der Waals surface area contributed by atoms with Crippen molar-refractivity contribution in [1.82, 2.24) is 9.21 Å². The van der Waals surface area contributed by atoms with E-state index >= 15 is 0 Å². The highest BCUT2D eigenvalue weighted by molar-refractivity contribution is 7.89. The Balaban J connectivity index is 1.70. The second-order valence-corrected chi connectivity index (χ2v) is 10.7. The van der Waals surface area contributed by atoms with Crippen molar-refractivity contribution in [3.05, 3.63) is 56.6 Å². The Kier molecular flexibility index (Phi) is 6.92. The molecule has 2 aliphatic heterocycles. The van der Waals surface area contributed by atoms with Gasteiger partial charge in [0.1, 0.15) is 16.4 Å². The molecule has 2 saturated heterocycles. The van der Waals surface area contributed by atoms with Gasteiger partial charge in [0, 0.05) is 41.3 Å². The zero-order chi connectivity index (χ0) is 22.9. The third-order valence-electron chi connectivity index (χ3n) is 5.78. The van der Waals surface area contributed by atoms with Gasteiger partial charge in [-0.1, -0.05) is 23.2 Å². The van der Waals surface area contributed by atoms with E-state index in [4.69, 9.17) is 27.9 Å². The number of halogens is 2. The second-order valence-electron chi connectivity index (χ2n) is 8.01. The maximum atomic E-state index is 13.7. The van der Waals surface area contributed by atoms with E-state index in [1.807, 2.05) is 0 Å². The molecule has 32 heavy (non-hydrogen) atoms. The van der Waals surface area contributed by atoms with Crippen molar-refractivity contribution in [2.24, 2.45) is 0 Å². The van der Waals surface area contributed by atoms with Gasteiger partial charge in [-0.3, -0.25) is 10.1 Å². The van der Waals surface area contributed by atoms with E-state index < -0.39 is 14.9 Å². The Bertz CT molecular complexity index is 1100. The number of non-ortho nitro benzene ring substituents is 1. The summed E-state index contributed by atoms with van der Waals surface area (Å²) in [5.74, 6) is 0.226. The number of rotatable bonds is 7. The smallest absolute Gasteiger partial charge is 0.271 e. The summed E-state index contributed by atoms with van der Waals surface area (Å²) >= 11 is 12.1.